The van der Waals surface area contributed by atoms with Crippen molar-refractivity contribution < 1.29 is 38.4 Å². The number of nitrogens with zero attached hydrogens (tertiary/aromatic N) is 7. The molecular weight excluding hydrogens is 873 g/mol. The summed E-state index contributed by atoms with van der Waals surface area (Å²) in [6, 6.07) is 18.1. The van der Waals surface area contributed by atoms with E-state index in [0.29, 0.717) is 97.1 Å². The molecule has 17 heteroatoms. The maximum atomic E-state index is 12.4. The molecule has 2 amide bonds. The predicted octanol–water partition coefficient (Wildman–Crippen LogP) is 5.77. The van der Waals surface area contributed by atoms with Gasteiger partial charge in [0.05, 0.1) is 67.5 Å². The Labute approximate surface area is 396 Å². The van der Waals surface area contributed by atoms with Gasteiger partial charge in [-0.05, 0) is 62.3 Å². The molecule has 2 saturated heterocycles. The number of carbonyl (C=O) groups is 2. The number of rotatable bonds is 22. The smallest absolute Gasteiger partial charge is 0.318 e. The fourth-order valence-electron chi connectivity index (χ4n) is 9.07. The summed E-state index contributed by atoms with van der Waals surface area (Å²) in [7, 11) is 0. The number of aromatic hydroxyl groups is 1. The lowest BCUT2D eigenvalue weighted by atomic mass is 10.0. The Morgan fingerprint density at radius 2 is 1.72 bits per heavy atom. The van der Waals surface area contributed by atoms with Crippen LogP contribution in [-0.2, 0) is 43.3 Å². The zero-order valence-electron chi connectivity index (χ0n) is 38.6. The van der Waals surface area contributed by atoms with E-state index in [4.69, 9.17) is 33.7 Å². The zero-order chi connectivity index (χ0) is 46.5. The number of phenols is 1. The molecule has 8 rings (SSSR count). The predicted molar refractivity (Wildman–Crippen MR) is 259 cm³/mol. The topological polar surface area (TPSA) is 164 Å². The van der Waals surface area contributed by atoms with Gasteiger partial charge in [0.2, 0.25) is 12.3 Å². The fraction of sp³-hybridized carbons (Fsp3) is 0.460. The standard InChI is InChI=1S/C50H62N8O8S/c1-4-47(61)56-17-19-57(20-18-56)49-43-13-16-58(45-29-40(60)27-37-7-5-6-8-42(37)45)32-44(43)53-50(54-49)66-35(2)31-55-14-11-41(12-15-55)64-25-23-62-21-22-63-24-26-65-46-28-38(48-36(3)52-34-67-48)9-10-39(46)30-51-33-59/h4-10,27-29,33-35,41,60H,1,11-26,30-32H2,2-3H3,(H,51,59)/t35-/m1/s1. The van der Waals surface area contributed by atoms with Crippen molar-refractivity contribution in [3.05, 3.63) is 95.3 Å². The third-order valence-electron chi connectivity index (χ3n) is 12.5. The largest absolute Gasteiger partial charge is 0.508 e. The molecule has 67 heavy (non-hydrogen) atoms. The second-order valence-electron chi connectivity index (χ2n) is 17.1. The molecule has 3 aliphatic heterocycles. The number of hydrogen-bond acceptors (Lipinski definition) is 15. The van der Waals surface area contributed by atoms with Crippen LogP contribution in [-0.4, -0.2) is 146 Å². The number of thiazole rings is 1. The second kappa shape index (κ2) is 23.2. The number of anilines is 2. The van der Waals surface area contributed by atoms with Crippen LogP contribution in [0.1, 0.15) is 42.3 Å². The lowest BCUT2D eigenvalue weighted by Crippen LogP contribution is -2.49. The van der Waals surface area contributed by atoms with Crippen molar-refractivity contribution in [2.24, 2.45) is 0 Å². The summed E-state index contributed by atoms with van der Waals surface area (Å²) in [6.07, 6.45) is 4.67. The molecule has 2 aromatic heterocycles. The molecule has 0 aliphatic carbocycles. The number of piperidine rings is 1. The number of fused-ring (bicyclic) bond motifs is 2. The zero-order valence-corrected chi connectivity index (χ0v) is 39.4. The van der Waals surface area contributed by atoms with Crippen molar-refractivity contribution in [2.45, 2.75) is 58.4 Å². The number of likely N-dealkylation sites (tertiary alicyclic amines) is 1. The first-order chi connectivity index (χ1) is 32.8. The summed E-state index contributed by atoms with van der Waals surface area (Å²) in [5, 5.41) is 15.4. The SMILES string of the molecule is C=CC(=O)N1CCN(c2nc(O[C@H](C)CN3CCC(OCCOCCOCCOc4cc(-c5scnc5C)ccc4CNC=O)CC3)nc3c2CCN(c2cc(O)cc4ccccc24)C3)CC1. The minimum Gasteiger partial charge on any atom is -0.508 e. The molecule has 0 bridgehead atoms. The number of nitrogens with one attached hydrogen (secondary N) is 1. The van der Waals surface area contributed by atoms with E-state index in [0.717, 1.165) is 101 Å². The van der Waals surface area contributed by atoms with Gasteiger partial charge in [-0.2, -0.15) is 9.97 Å². The highest BCUT2D eigenvalue weighted by molar-refractivity contribution is 7.13. The van der Waals surface area contributed by atoms with Crippen LogP contribution in [0.25, 0.3) is 21.2 Å². The van der Waals surface area contributed by atoms with Crippen molar-refractivity contribution in [2.75, 3.05) is 102 Å². The fourth-order valence-corrected chi connectivity index (χ4v) is 9.87. The Morgan fingerprint density at radius 3 is 2.48 bits per heavy atom. The second-order valence-corrected chi connectivity index (χ2v) is 17.9. The van der Waals surface area contributed by atoms with Crippen LogP contribution in [0.4, 0.5) is 11.5 Å². The molecule has 0 saturated carbocycles. The average Bonchev–Trinajstić information content (AvgIpc) is 3.79. The van der Waals surface area contributed by atoms with Crippen molar-refractivity contribution in [3.8, 4) is 28.0 Å². The maximum Gasteiger partial charge on any atom is 0.318 e. The van der Waals surface area contributed by atoms with Crippen molar-refractivity contribution in [3.63, 3.8) is 0 Å². The van der Waals surface area contributed by atoms with E-state index < -0.39 is 0 Å². The maximum absolute atomic E-state index is 12.4. The minimum atomic E-state index is -0.157. The first-order valence-electron chi connectivity index (χ1n) is 23.3. The number of phenolic OH excluding ortho intramolecular Hbond substituents is 1. The van der Waals surface area contributed by atoms with E-state index >= 15 is 0 Å². The van der Waals surface area contributed by atoms with Crippen LogP contribution in [0.3, 0.4) is 0 Å². The Balaban J connectivity index is 0.766. The molecule has 0 radical (unpaired) electrons. The van der Waals surface area contributed by atoms with Gasteiger partial charge in [0, 0.05) is 87.2 Å². The van der Waals surface area contributed by atoms with Crippen LogP contribution in [0, 0.1) is 6.92 Å². The first kappa shape index (κ1) is 47.6. The highest BCUT2D eigenvalue weighted by Gasteiger charge is 2.30. The summed E-state index contributed by atoms with van der Waals surface area (Å²) in [5.41, 5.74) is 7.71. The summed E-state index contributed by atoms with van der Waals surface area (Å²) in [5.74, 6) is 1.76. The molecule has 3 aromatic carbocycles. The van der Waals surface area contributed by atoms with Gasteiger partial charge in [0.25, 0.3) is 0 Å². The van der Waals surface area contributed by atoms with Gasteiger partial charge in [-0.15, -0.1) is 11.3 Å². The Hall–Kier alpha value is -5.85. The van der Waals surface area contributed by atoms with Gasteiger partial charge >= 0.3 is 6.01 Å². The van der Waals surface area contributed by atoms with Crippen LogP contribution in [0.5, 0.6) is 17.5 Å². The van der Waals surface area contributed by atoms with Gasteiger partial charge < -0.3 is 48.8 Å². The monoisotopic (exact) mass is 934 g/mol. The van der Waals surface area contributed by atoms with Crippen LogP contribution in [0.2, 0.25) is 0 Å². The van der Waals surface area contributed by atoms with E-state index in [9.17, 15) is 14.7 Å². The molecule has 356 valence electrons. The normalized spacial score (nSPS) is 16.2. The summed E-state index contributed by atoms with van der Waals surface area (Å²) >= 11 is 1.59. The molecule has 0 spiro atoms. The highest BCUT2D eigenvalue weighted by Crippen LogP contribution is 2.37. The van der Waals surface area contributed by atoms with E-state index in [1.54, 1.807) is 17.4 Å². The lowest BCUT2D eigenvalue weighted by molar-refractivity contribution is -0.126. The molecule has 5 heterocycles. The number of benzene rings is 3. The number of aromatic nitrogens is 3. The van der Waals surface area contributed by atoms with Gasteiger partial charge in [0.1, 0.15) is 30.0 Å². The summed E-state index contributed by atoms with van der Waals surface area (Å²) in [4.78, 5) is 47.6. The number of ether oxygens (including phenoxy) is 5. The minimum absolute atomic E-state index is 0.0548. The first-order valence-corrected chi connectivity index (χ1v) is 24.2. The van der Waals surface area contributed by atoms with E-state index in [-0.39, 0.29) is 23.9 Å². The van der Waals surface area contributed by atoms with Crippen LogP contribution in [0.15, 0.2) is 72.8 Å². The molecule has 2 N–H and O–H groups in total. The molecule has 1 atom stereocenters. The quantitative estimate of drug-likeness (QED) is 0.0489. The van der Waals surface area contributed by atoms with E-state index in [1.165, 1.54) is 6.08 Å². The molecular formula is C50H62N8O8S. The van der Waals surface area contributed by atoms with Gasteiger partial charge in [0.15, 0.2) is 0 Å². The Kier molecular flexibility index (Phi) is 16.5. The number of carbonyl (C=O) groups excluding carboxylic acids is 2. The van der Waals surface area contributed by atoms with Crippen LogP contribution < -0.4 is 24.6 Å². The molecule has 3 aliphatic rings. The number of amides is 2. The summed E-state index contributed by atoms with van der Waals surface area (Å²) in [6.45, 7) is 17.1. The third-order valence-corrected chi connectivity index (χ3v) is 13.5. The van der Waals surface area contributed by atoms with Gasteiger partial charge in [-0.25, -0.2) is 4.98 Å². The molecule has 16 nitrogen and oxygen atoms in total. The van der Waals surface area contributed by atoms with Crippen molar-refractivity contribution >= 4 is 45.9 Å². The van der Waals surface area contributed by atoms with Gasteiger partial charge in [-0.1, -0.05) is 43.0 Å². The average molecular weight is 935 g/mol. The van der Waals surface area contributed by atoms with E-state index in [2.05, 4.69) is 44.6 Å². The molecule has 5 aromatic rings. The lowest BCUT2D eigenvalue weighted by Gasteiger charge is -2.38. The molecule has 2 fully saturated rings. The number of piperazine rings is 1. The van der Waals surface area contributed by atoms with Gasteiger partial charge in [-0.3, -0.25) is 14.5 Å². The third kappa shape index (κ3) is 12.4. The van der Waals surface area contributed by atoms with Crippen LogP contribution >= 0.6 is 11.3 Å². The highest BCUT2D eigenvalue weighted by atomic mass is 32.1. The van der Waals surface area contributed by atoms with Crippen molar-refractivity contribution in [1.29, 1.82) is 0 Å². The Bertz CT molecular complexity index is 2450. The number of aryl methyl sites for hydroxylation is 1. The molecule has 0 unspecified atom stereocenters. The van der Waals surface area contributed by atoms with Crippen molar-refractivity contribution in [1.82, 2.24) is 30.1 Å². The Morgan fingerprint density at radius 1 is 0.940 bits per heavy atom. The van der Waals surface area contributed by atoms with E-state index in [1.807, 2.05) is 59.8 Å². The number of hydrogen-bond donors (Lipinski definition) is 2. The summed E-state index contributed by atoms with van der Waals surface area (Å²) < 4.78 is 30.3.